The van der Waals surface area contributed by atoms with E-state index < -0.39 is 0 Å². The summed E-state index contributed by atoms with van der Waals surface area (Å²) in [5, 5.41) is 1.05. The maximum absolute atomic E-state index is 11.0. The SMILES string of the molecule is C[C@H](C(N)=O)N(C)CCOc1cc(Cl)cc(Cl)c1. The Morgan fingerprint density at radius 1 is 1.39 bits per heavy atom. The average molecular weight is 291 g/mol. The van der Waals surface area contributed by atoms with Gasteiger partial charge in [0.2, 0.25) is 5.91 Å². The molecule has 1 atom stereocenters. The van der Waals surface area contributed by atoms with Gasteiger partial charge in [0.15, 0.2) is 0 Å². The van der Waals surface area contributed by atoms with Crippen molar-refractivity contribution in [2.45, 2.75) is 13.0 Å². The number of ether oxygens (including phenoxy) is 1. The third-order valence-corrected chi connectivity index (χ3v) is 3.06. The summed E-state index contributed by atoms with van der Waals surface area (Å²) in [6, 6.07) is 4.68. The zero-order valence-corrected chi connectivity index (χ0v) is 11.8. The van der Waals surface area contributed by atoms with E-state index in [-0.39, 0.29) is 11.9 Å². The molecule has 0 saturated heterocycles. The molecule has 0 unspecified atom stereocenters. The summed E-state index contributed by atoms with van der Waals surface area (Å²) in [4.78, 5) is 12.8. The van der Waals surface area contributed by atoms with Crippen molar-refractivity contribution in [1.82, 2.24) is 4.90 Å². The second kappa shape index (κ2) is 6.83. The fourth-order valence-electron chi connectivity index (χ4n) is 1.33. The Kier molecular flexibility index (Phi) is 5.72. The van der Waals surface area contributed by atoms with Crippen molar-refractivity contribution in [3.8, 4) is 5.75 Å². The lowest BCUT2D eigenvalue weighted by Crippen LogP contribution is -2.41. The van der Waals surface area contributed by atoms with Crippen LogP contribution < -0.4 is 10.5 Å². The Morgan fingerprint density at radius 3 is 2.44 bits per heavy atom. The number of carbonyl (C=O) groups is 1. The largest absolute Gasteiger partial charge is 0.492 e. The second-order valence-corrected chi connectivity index (χ2v) is 4.89. The molecule has 4 nitrogen and oxygen atoms in total. The number of hydrogen-bond donors (Lipinski definition) is 1. The van der Waals surface area contributed by atoms with Gasteiger partial charge in [0, 0.05) is 16.6 Å². The first-order chi connectivity index (χ1) is 8.40. The van der Waals surface area contributed by atoms with Crippen LogP contribution in [0, 0.1) is 0 Å². The third kappa shape index (κ3) is 4.72. The van der Waals surface area contributed by atoms with E-state index in [9.17, 15) is 4.79 Å². The van der Waals surface area contributed by atoms with E-state index in [1.807, 2.05) is 11.9 Å². The quantitative estimate of drug-likeness (QED) is 0.874. The second-order valence-electron chi connectivity index (χ2n) is 4.01. The van der Waals surface area contributed by atoms with Gasteiger partial charge in [-0.1, -0.05) is 23.2 Å². The minimum Gasteiger partial charge on any atom is -0.492 e. The number of halogens is 2. The monoisotopic (exact) mass is 290 g/mol. The van der Waals surface area contributed by atoms with E-state index in [1.54, 1.807) is 25.1 Å². The summed E-state index contributed by atoms with van der Waals surface area (Å²) in [5.41, 5.74) is 5.20. The number of carbonyl (C=O) groups excluding carboxylic acids is 1. The lowest BCUT2D eigenvalue weighted by molar-refractivity contribution is -0.122. The Labute approximate surface area is 117 Å². The van der Waals surface area contributed by atoms with Gasteiger partial charge in [0.25, 0.3) is 0 Å². The number of nitrogens with two attached hydrogens (primary N) is 1. The van der Waals surface area contributed by atoms with Gasteiger partial charge in [-0.05, 0) is 32.2 Å². The Bertz CT molecular complexity index is 406. The first kappa shape index (κ1) is 15.1. The van der Waals surface area contributed by atoms with Crippen molar-refractivity contribution < 1.29 is 9.53 Å². The number of hydrogen-bond acceptors (Lipinski definition) is 3. The van der Waals surface area contributed by atoms with Crippen LogP contribution in [0.25, 0.3) is 0 Å². The summed E-state index contributed by atoms with van der Waals surface area (Å²) >= 11 is 11.7. The van der Waals surface area contributed by atoms with E-state index in [0.717, 1.165) is 0 Å². The van der Waals surface area contributed by atoms with Crippen LogP contribution >= 0.6 is 23.2 Å². The number of likely N-dealkylation sites (N-methyl/N-ethyl adjacent to an activating group) is 1. The topological polar surface area (TPSA) is 55.6 Å². The molecule has 0 bridgehead atoms. The van der Waals surface area contributed by atoms with E-state index in [1.165, 1.54) is 0 Å². The summed E-state index contributed by atoms with van der Waals surface area (Å²) in [7, 11) is 1.81. The molecule has 1 aromatic carbocycles. The highest BCUT2D eigenvalue weighted by Crippen LogP contribution is 2.24. The Hall–Kier alpha value is -0.970. The smallest absolute Gasteiger partial charge is 0.234 e. The normalized spacial score (nSPS) is 12.5. The van der Waals surface area contributed by atoms with Gasteiger partial charge < -0.3 is 10.5 Å². The maximum atomic E-state index is 11.0. The van der Waals surface area contributed by atoms with Crippen molar-refractivity contribution in [2.24, 2.45) is 5.73 Å². The summed E-state index contributed by atoms with van der Waals surface area (Å²) < 4.78 is 5.51. The van der Waals surface area contributed by atoms with Crippen molar-refractivity contribution in [3.05, 3.63) is 28.2 Å². The number of nitrogens with zero attached hydrogens (tertiary/aromatic N) is 1. The highest BCUT2D eigenvalue weighted by atomic mass is 35.5. The van der Waals surface area contributed by atoms with Gasteiger partial charge >= 0.3 is 0 Å². The molecule has 0 spiro atoms. The van der Waals surface area contributed by atoms with E-state index >= 15 is 0 Å². The van der Waals surface area contributed by atoms with Crippen LogP contribution in [0.15, 0.2) is 18.2 Å². The maximum Gasteiger partial charge on any atom is 0.234 e. The molecule has 0 aliphatic heterocycles. The number of amides is 1. The molecule has 0 aliphatic carbocycles. The predicted octanol–water partition coefficient (Wildman–Crippen LogP) is 2.18. The van der Waals surface area contributed by atoms with E-state index in [4.69, 9.17) is 33.7 Å². The Morgan fingerprint density at radius 2 is 1.94 bits per heavy atom. The van der Waals surface area contributed by atoms with Crippen LogP contribution in [-0.2, 0) is 4.79 Å². The van der Waals surface area contributed by atoms with Crippen molar-refractivity contribution in [3.63, 3.8) is 0 Å². The fraction of sp³-hybridized carbons (Fsp3) is 0.417. The van der Waals surface area contributed by atoms with Crippen LogP contribution in [0.3, 0.4) is 0 Å². The first-order valence-corrected chi connectivity index (χ1v) is 6.24. The van der Waals surface area contributed by atoms with Crippen molar-refractivity contribution in [1.29, 1.82) is 0 Å². The molecular formula is C12H16Cl2N2O2. The molecule has 100 valence electrons. The highest BCUT2D eigenvalue weighted by molar-refractivity contribution is 6.34. The molecule has 1 aromatic rings. The molecule has 0 aromatic heterocycles. The number of benzene rings is 1. The van der Waals surface area contributed by atoms with Gasteiger partial charge in [-0.2, -0.15) is 0 Å². The molecule has 2 N–H and O–H groups in total. The van der Waals surface area contributed by atoms with Crippen LogP contribution in [0.5, 0.6) is 5.75 Å². The molecule has 1 rings (SSSR count). The van der Waals surface area contributed by atoms with E-state index in [2.05, 4.69) is 0 Å². The van der Waals surface area contributed by atoms with Crippen LogP contribution in [0.1, 0.15) is 6.92 Å². The lowest BCUT2D eigenvalue weighted by Gasteiger charge is -2.21. The van der Waals surface area contributed by atoms with Gasteiger partial charge in [-0.3, -0.25) is 9.69 Å². The molecule has 0 heterocycles. The standard InChI is InChI=1S/C12H16Cl2N2O2/c1-8(12(15)17)16(2)3-4-18-11-6-9(13)5-10(14)7-11/h5-8H,3-4H2,1-2H3,(H2,15,17)/t8-/m1/s1. The van der Waals surface area contributed by atoms with Gasteiger partial charge in [0.05, 0.1) is 6.04 Å². The third-order valence-electron chi connectivity index (χ3n) is 2.62. The molecule has 0 fully saturated rings. The van der Waals surface area contributed by atoms with Crippen molar-refractivity contribution in [2.75, 3.05) is 20.2 Å². The number of primary amides is 1. The molecule has 6 heteroatoms. The molecule has 18 heavy (non-hydrogen) atoms. The molecule has 0 saturated carbocycles. The van der Waals surface area contributed by atoms with Gasteiger partial charge in [-0.25, -0.2) is 0 Å². The molecular weight excluding hydrogens is 275 g/mol. The zero-order valence-electron chi connectivity index (χ0n) is 10.3. The van der Waals surface area contributed by atoms with Crippen LogP contribution in [0.4, 0.5) is 0 Å². The lowest BCUT2D eigenvalue weighted by atomic mass is 10.3. The minimum atomic E-state index is -0.358. The number of rotatable bonds is 6. The first-order valence-electron chi connectivity index (χ1n) is 5.48. The summed E-state index contributed by atoms with van der Waals surface area (Å²) in [6.07, 6.45) is 0. The van der Waals surface area contributed by atoms with Gasteiger partial charge in [-0.15, -0.1) is 0 Å². The fourth-order valence-corrected chi connectivity index (χ4v) is 1.84. The summed E-state index contributed by atoms with van der Waals surface area (Å²) in [6.45, 7) is 2.75. The molecule has 0 radical (unpaired) electrons. The van der Waals surface area contributed by atoms with Crippen LogP contribution in [-0.4, -0.2) is 37.0 Å². The van der Waals surface area contributed by atoms with E-state index in [0.29, 0.717) is 28.9 Å². The zero-order chi connectivity index (χ0) is 13.7. The Balaban J connectivity index is 2.44. The average Bonchev–Trinajstić information content (AvgIpc) is 2.26. The minimum absolute atomic E-state index is 0.323. The van der Waals surface area contributed by atoms with Crippen LogP contribution in [0.2, 0.25) is 10.0 Å². The predicted molar refractivity (Wildman–Crippen MR) is 73.2 cm³/mol. The van der Waals surface area contributed by atoms with Gasteiger partial charge in [0.1, 0.15) is 12.4 Å². The molecule has 0 aliphatic rings. The van der Waals surface area contributed by atoms with Crippen molar-refractivity contribution >= 4 is 29.1 Å². The highest BCUT2D eigenvalue weighted by Gasteiger charge is 2.14. The summed E-state index contributed by atoms with van der Waals surface area (Å²) in [5.74, 6) is 0.246. The molecule has 1 amide bonds.